The molecule has 0 bridgehead atoms. The highest BCUT2D eigenvalue weighted by molar-refractivity contribution is 8.00. The molecule has 90 valence electrons. The monoisotopic (exact) mass is 258 g/mol. The van der Waals surface area contributed by atoms with Gasteiger partial charge in [0.2, 0.25) is 0 Å². The summed E-state index contributed by atoms with van der Waals surface area (Å²) in [7, 11) is 0. The van der Waals surface area contributed by atoms with Crippen LogP contribution in [0.5, 0.6) is 0 Å². The lowest BCUT2D eigenvalue weighted by atomic mass is 10.3. The highest BCUT2D eigenvalue weighted by Gasteiger charge is 2.11. The van der Waals surface area contributed by atoms with Crippen LogP contribution in [0.15, 0.2) is 12.1 Å². The third kappa shape index (κ3) is 4.28. The second-order valence-electron chi connectivity index (χ2n) is 3.68. The summed E-state index contributed by atoms with van der Waals surface area (Å²) in [6.45, 7) is 4.33. The number of rotatable bonds is 7. The Morgan fingerprint density at radius 1 is 1.56 bits per heavy atom. The summed E-state index contributed by atoms with van der Waals surface area (Å²) in [6.07, 6.45) is 1.74. The van der Waals surface area contributed by atoms with Gasteiger partial charge in [-0.2, -0.15) is 11.8 Å². The van der Waals surface area contributed by atoms with Crippen molar-refractivity contribution in [2.45, 2.75) is 31.9 Å². The summed E-state index contributed by atoms with van der Waals surface area (Å²) in [5.74, 6) is 0.727. The molecule has 1 heterocycles. The first-order valence-corrected chi connectivity index (χ1v) is 7.38. The normalized spacial score (nSPS) is 12.7. The van der Waals surface area contributed by atoms with Crippen LogP contribution in [0.2, 0.25) is 0 Å². The van der Waals surface area contributed by atoms with E-state index in [1.165, 1.54) is 4.88 Å². The molecule has 4 heteroatoms. The smallest absolute Gasteiger partial charge is 0.182 e. The fourth-order valence-electron chi connectivity index (χ4n) is 1.27. The van der Waals surface area contributed by atoms with Gasteiger partial charge < -0.3 is 5.11 Å². The molecule has 0 saturated carbocycles. The van der Waals surface area contributed by atoms with Crippen LogP contribution in [0.4, 0.5) is 0 Å². The lowest BCUT2D eigenvalue weighted by molar-refractivity contribution is 0.102. The molecule has 2 nitrogen and oxygen atoms in total. The molecule has 0 fully saturated rings. The van der Waals surface area contributed by atoms with Gasteiger partial charge in [-0.15, -0.1) is 11.3 Å². The van der Waals surface area contributed by atoms with Gasteiger partial charge in [-0.25, -0.2) is 0 Å². The largest absolute Gasteiger partial charge is 0.396 e. The van der Waals surface area contributed by atoms with E-state index in [1.807, 2.05) is 19.1 Å². The van der Waals surface area contributed by atoms with Gasteiger partial charge in [0.05, 0.1) is 10.6 Å². The van der Waals surface area contributed by atoms with E-state index in [0.717, 1.165) is 17.7 Å². The predicted molar refractivity (Wildman–Crippen MR) is 71.7 cm³/mol. The number of hydrogen-bond acceptors (Lipinski definition) is 4. The molecule has 1 aromatic rings. The van der Waals surface area contributed by atoms with Crippen molar-refractivity contribution in [1.82, 2.24) is 0 Å². The number of aryl methyl sites for hydroxylation is 1. The van der Waals surface area contributed by atoms with Crippen molar-refractivity contribution in [3.05, 3.63) is 21.9 Å². The van der Waals surface area contributed by atoms with Crippen LogP contribution < -0.4 is 0 Å². The van der Waals surface area contributed by atoms with Crippen molar-refractivity contribution in [3.63, 3.8) is 0 Å². The van der Waals surface area contributed by atoms with Crippen molar-refractivity contribution in [2.24, 2.45) is 0 Å². The Hall–Kier alpha value is -0.320. The molecule has 0 amide bonds. The molecule has 1 N–H and O–H groups in total. The van der Waals surface area contributed by atoms with Crippen LogP contribution in [0.1, 0.15) is 34.8 Å². The van der Waals surface area contributed by atoms with E-state index >= 15 is 0 Å². The van der Waals surface area contributed by atoms with Crippen molar-refractivity contribution < 1.29 is 9.90 Å². The average Bonchev–Trinajstić information content (AvgIpc) is 2.75. The van der Waals surface area contributed by atoms with Gasteiger partial charge in [-0.3, -0.25) is 4.79 Å². The van der Waals surface area contributed by atoms with Gasteiger partial charge in [-0.1, -0.05) is 13.8 Å². The number of Topliss-reactive ketones (excluding diaryl/α,β-unsaturated/α-hetero) is 1. The molecule has 0 aromatic carbocycles. The highest BCUT2D eigenvalue weighted by atomic mass is 32.2. The van der Waals surface area contributed by atoms with E-state index < -0.39 is 0 Å². The van der Waals surface area contributed by atoms with Crippen LogP contribution in [-0.4, -0.2) is 28.5 Å². The first-order chi connectivity index (χ1) is 7.67. The number of aliphatic hydroxyl groups excluding tert-OH is 1. The van der Waals surface area contributed by atoms with Crippen molar-refractivity contribution in [3.8, 4) is 0 Å². The van der Waals surface area contributed by atoms with Gasteiger partial charge in [-0.05, 0) is 25.0 Å². The summed E-state index contributed by atoms with van der Waals surface area (Å²) < 4.78 is 0. The minimum Gasteiger partial charge on any atom is -0.396 e. The number of aliphatic hydroxyl groups is 1. The molecule has 1 atom stereocenters. The second-order valence-corrected chi connectivity index (χ2v) is 6.27. The Morgan fingerprint density at radius 3 is 2.88 bits per heavy atom. The Bertz CT molecular complexity index is 334. The lowest BCUT2D eigenvalue weighted by Crippen LogP contribution is -2.06. The average molecular weight is 258 g/mol. The number of thioether (sulfide) groups is 1. The van der Waals surface area contributed by atoms with Crippen molar-refractivity contribution in [2.75, 3.05) is 12.4 Å². The van der Waals surface area contributed by atoms with E-state index in [2.05, 4.69) is 6.92 Å². The van der Waals surface area contributed by atoms with E-state index in [0.29, 0.717) is 11.0 Å². The zero-order valence-corrected chi connectivity index (χ0v) is 11.4. The number of thiophene rings is 1. The van der Waals surface area contributed by atoms with Gasteiger partial charge in [0.1, 0.15) is 0 Å². The Labute approximate surface area is 105 Å². The maximum atomic E-state index is 11.8. The first-order valence-electron chi connectivity index (χ1n) is 5.51. The standard InChI is InChI=1S/C12H18O2S2/c1-3-10-4-5-12(16-10)11(14)8-15-9(2)6-7-13/h4-5,9,13H,3,6-8H2,1-2H3. The van der Waals surface area contributed by atoms with Gasteiger partial charge in [0.25, 0.3) is 0 Å². The Morgan fingerprint density at radius 2 is 2.31 bits per heavy atom. The molecule has 0 aliphatic rings. The second kappa shape index (κ2) is 7.09. The highest BCUT2D eigenvalue weighted by Crippen LogP contribution is 2.21. The van der Waals surface area contributed by atoms with Crippen LogP contribution in [-0.2, 0) is 6.42 Å². The zero-order valence-electron chi connectivity index (χ0n) is 9.73. The Balaban J connectivity index is 2.40. The fourth-order valence-corrected chi connectivity index (χ4v) is 3.11. The van der Waals surface area contributed by atoms with E-state index in [9.17, 15) is 4.79 Å². The number of hydrogen-bond donors (Lipinski definition) is 1. The molecule has 0 saturated heterocycles. The van der Waals surface area contributed by atoms with E-state index in [4.69, 9.17) is 5.11 Å². The molecular formula is C12H18O2S2. The number of ketones is 1. The zero-order chi connectivity index (χ0) is 12.0. The molecule has 1 rings (SSSR count). The third-order valence-corrected chi connectivity index (χ3v) is 4.82. The SMILES string of the molecule is CCc1ccc(C(=O)CSC(C)CCO)s1. The first kappa shape index (κ1) is 13.7. The molecule has 0 radical (unpaired) electrons. The third-order valence-electron chi connectivity index (χ3n) is 2.32. The van der Waals surface area contributed by atoms with E-state index in [1.54, 1.807) is 23.1 Å². The molecular weight excluding hydrogens is 240 g/mol. The van der Waals surface area contributed by atoms with E-state index in [-0.39, 0.29) is 12.4 Å². The van der Waals surface area contributed by atoms with Gasteiger partial charge >= 0.3 is 0 Å². The van der Waals surface area contributed by atoms with Gasteiger partial charge in [0, 0.05) is 16.7 Å². The summed E-state index contributed by atoms with van der Waals surface area (Å²) in [5, 5.41) is 9.10. The molecule has 1 aromatic heterocycles. The molecule has 0 aliphatic carbocycles. The van der Waals surface area contributed by atoms with Crippen molar-refractivity contribution >= 4 is 28.9 Å². The minimum atomic E-state index is 0.196. The fraction of sp³-hybridized carbons (Fsp3) is 0.583. The van der Waals surface area contributed by atoms with Crippen LogP contribution >= 0.6 is 23.1 Å². The molecule has 1 unspecified atom stereocenters. The maximum absolute atomic E-state index is 11.8. The molecule has 0 aliphatic heterocycles. The predicted octanol–water partition coefficient (Wildman–Crippen LogP) is 3.00. The van der Waals surface area contributed by atoms with Crippen LogP contribution in [0.3, 0.4) is 0 Å². The summed E-state index contributed by atoms with van der Waals surface area (Å²) in [6, 6.07) is 3.95. The summed E-state index contributed by atoms with van der Waals surface area (Å²) in [5.41, 5.74) is 0. The molecule has 0 spiro atoms. The lowest BCUT2D eigenvalue weighted by Gasteiger charge is -2.07. The topological polar surface area (TPSA) is 37.3 Å². The molecule has 16 heavy (non-hydrogen) atoms. The number of carbonyl (C=O) groups excluding carboxylic acids is 1. The summed E-state index contributed by atoms with van der Waals surface area (Å²) >= 11 is 3.21. The number of carbonyl (C=O) groups is 1. The van der Waals surface area contributed by atoms with Crippen LogP contribution in [0.25, 0.3) is 0 Å². The minimum absolute atomic E-state index is 0.196. The maximum Gasteiger partial charge on any atom is 0.182 e. The summed E-state index contributed by atoms with van der Waals surface area (Å²) in [4.78, 5) is 13.9. The van der Waals surface area contributed by atoms with Crippen LogP contribution in [0, 0.1) is 0 Å². The van der Waals surface area contributed by atoms with Crippen molar-refractivity contribution in [1.29, 1.82) is 0 Å². The van der Waals surface area contributed by atoms with Gasteiger partial charge in [0.15, 0.2) is 5.78 Å². The quantitative estimate of drug-likeness (QED) is 0.764. The Kier molecular flexibility index (Phi) is 6.09.